The topological polar surface area (TPSA) is 62.6 Å². The Balaban J connectivity index is 2.13. The molecule has 0 fully saturated rings. The first-order valence-electron chi connectivity index (χ1n) is 5.35. The number of benzene rings is 1. The standard InChI is InChI=1S/C12H11BClNO3/c14-11-10(13(16)17)6-7-15-12(11)18-8-9-4-2-1-3-5-9/h1-7,16-17H,8H2. The van der Waals surface area contributed by atoms with Gasteiger partial charge in [0.2, 0.25) is 5.88 Å². The maximum atomic E-state index is 9.10. The lowest BCUT2D eigenvalue weighted by Gasteiger charge is -2.09. The summed E-state index contributed by atoms with van der Waals surface area (Å²) in [4.78, 5) is 3.96. The maximum Gasteiger partial charge on any atom is 0.490 e. The van der Waals surface area contributed by atoms with E-state index in [0.29, 0.717) is 6.61 Å². The first-order valence-corrected chi connectivity index (χ1v) is 5.73. The van der Waals surface area contributed by atoms with Crippen molar-refractivity contribution in [1.82, 2.24) is 4.98 Å². The Kier molecular flexibility index (Phi) is 4.20. The summed E-state index contributed by atoms with van der Waals surface area (Å²) >= 11 is 5.96. The van der Waals surface area contributed by atoms with Gasteiger partial charge >= 0.3 is 7.12 Å². The van der Waals surface area contributed by atoms with Gasteiger partial charge < -0.3 is 14.8 Å². The summed E-state index contributed by atoms with van der Waals surface area (Å²) in [6.07, 6.45) is 1.42. The van der Waals surface area contributed by atoms with Crippen LogP contribution in [0.15, 0.2) is 42.6 Å². The molecule has 18 heavy (non-hydrogen) atoms. The van der Waals surface area contributed by atoms with Crippen LogP contribution in [0, 0.1) is 0 Å². The predicted molar refractivity (Wildman–Crippen MR) is 69.8 cm³/mol. The summed E-state index contributed by atoms with van der Waals surface area (Å²) in [5.74, 6) is 0.186. The van der Waals surface area contributed by atoms with Crippen LogP contribution in [0.25, 0.3) is 0 Å². The molecule has 92 valence electrons. The molecule has 2 rings (SSSR count). The van der Waals surface area contributed by atoms with E-state index in [2.05, 4.69) is 4.98 Å². The highest BCUT2D eigenvalue weighted by molar-refractivity contribution is 6.63. The van der Waals surface area contributed by atoms with Gasteiger partial charge in [0.25, 0.3) is 0 Å². The summed E-state index contributed by atoms with van der Waals surface area (Å²) in [6, 6.07) is 11.0. The summed E-state index contributed by atoms with van der Waals surface area (Å²) in [6.45, 7) is 0.318. The van der Waals surface area contributed by atoms with Crippen molar-refractivity contribution in [3.05, 3.63) is 53.2 Å². The first kappa shape index (κ1) is 12.9. The Labute approximate surface area is 110 Å². The lowest BCUT2D eigenvalue weighted by molar-refractivity contribution is 0.294. The van der Waals surface area contributed by atoms with Crippen LogP contribution in [0.3, 0.4) is 0 Å². The van der Waals surface area contributed by atoms with Crippen molar-refractivity contribution >= 4 is 24.2 Å². The molecule has 2 N–H and O–H groups in total. The van der Waals surface area contributed by atoms with E-state index >= 15 is 0 Å². The first-order chi connectivity index (χ1) is 8.68. The molecule has 6 heteroatoms. The van der Waals surface area contributed by atoms with Crippen molar-refractivity contribution in [3.8, 4) is 5.88 Å². The van der Waals surface area contributed by atoms with Crippen molar-refractivity contribution < 1.29 is 14.8 Å². The molecule has 0 atom stereocenters. The molecule has 0 unspecified atom stereocenters. The van der Waals surface area contributed by atoms with Gasteiger partial charge in [-0.3, -0.25) is 0 Å². The fourth-order valence-corrected chi connectivity index (χ4v) is 1.73. The average molecular weight is 263 g/mol. The van der Waals surface area contributed by atoms with Crippen molar-refractivity contribution in [2.75, 3.05) is 0 Å². The number of nitrogens with zero attached hydrogens (tertiary/aromatic N) is 1. The number of aromatic nitrogens is 1. The molecule has 0 aliphatic heterocycles. The molecule has 0 bridgehead atoms. The molecule has 0 amide bonds. The average Bonchev–Trinajstić information content (AvgIpc) is 2.38. The number of hydrogen-bond donors (Lipinski definition) is 2. The van der Waals surface area contributed by atoms with E-state index in [-0.39, 0.29) is 16.4 Å². The quantitative estimate of drug-likeness (QED) is 0.808. The molecule has 1 heterocycles. The van der Waals surface area contributed by atoms with Crippen LogP contribution >= 0.6 is 11.6 Å². The Morgan fingerprint density at radius 1 is 1.17 bits per heavy atom. The monoisotopic (exact) mass is 263 g/mol. The van der Waals surface area contributed by atoms with Gasteiger partial charge in [-0.05, 0) is 11.6 Å². The zero-order valence-corrected chi connectivity index (χ0v) is 10.2. The SMILES string of the molecule is OB(O)c1ccnc(OCc2ccccc2)c1Cl. The molecule has 0 aliphatic carbocycles. The van der Waals surface area contributed by atoms with Gasteiger partial charge in [0.1, 0.15) is 11.6 Å². The minimum atomic E-state index is -1.64. The smallest absolute Gasteiger partial charge is 0.472 e. The van der Waals surface area contributed by atoms with Gasteiger partial charge in [0.05, 0.1) is 0 Å². The van der Waals surface area contributed by atoms with Gasteiger partial charge in [0.15, 0.2) is 0 Å². The van der Waals surface area contributed by atoms with E-state index in [1.807, 2.05) is 30.3 Å². The summed E-state index contributed by atoms with van der Waals surface area (Å²) < 4.78 is 5.45. The molecule has 0 saturated carbocycles. The number of pyridine rings is 1. The van der Waals surface area contributed by atoms with E-state index in [4.69, 9.17) is 26.4 Å². The zero-order chi connectivity index (χ0) is 13.0. The molecule has 2 aromatic rings. The maximum absolute atomic E-state index is 9.10. The highest BCUT2D eigenvalue weighted by atomic mass is 35.5. The van der Waals surface area contributed by atoms with Gasteiger partial charge in [-0.15, -0.1) is 0 Å². The molecule has 1 aromatic carbocycles. The third-order valence-corrected chi connectivity index (χ3v) is 2.76. The lowest BCUT2D eigenvalue weighted by atomic mass is 9.81. The number of hydrogen-bond acceptors (Lipinski definition) is 4. The van der Waals surface area contributed by atoms with Crippen LogP contribution in [-0.4, -0.2) is 22.2 Å². The third-order valence-electron chi connectivity index (χ3n) is 2.38. The number of rotatable bonds is 4. The molecular weight excluding hydrogens is 252 g/mol. The van der Waals surface area contributed by atoms with E-state index in [0.717, 1.165) is 5.56 Å². The third kappa shape index (κ3) is 3.01. The van der Waals surface area contributed by atoms with Crippen molar-refractivity contribution in [3.63, 3.8) is 0 Å². The highest BCUT2D eigenvalue weighted by Crippen LogP contribution is 2.20. The lowest BCUT2D eigenvalue weighted by Crippen LogP contribution is -2.31. The van der Waals surface area contributed by atoms with Crippen LogP contribution in [-0.2, 0) is 6.61 Å². The van der Waals surface area contributed by atoms with Gasteiger partial charge in [-0.2, -0.15) is 0 Å². The minimum absolute atomic E-state index is 0.114. The normalized spacial score (nSPS) is 10.2. The number of ether oxygens (including phenoxy) is 1. The van der Waals surface area contributed by atoms with Crippen LogP contribution in [0.5, 0.6) is 5.88 Å². The van der Waals surface area contributed by atoms with Crippen LogP contribution < -0.4 is 10.2 Å². The Hall–Kier alpha value is -1.56. The largest absolute Gasteiger partial charge is 0.490 e. The van der Waals surface area contributed by atoms with E-state index in [1.54, 1.807) is 0 Å². The van der Waals surface area contributed by atoms with Crippen molar-refractivity contribution in [2.45, 2.75) is 6.61 Å². The van der Waals surface area contributed by atoms with E-state index in [9.17, 15) is 0 Å². The Bertz CT molecular complexity index is 522. The minimum Gasteiger partial charge on any atom is -0.472 e. The van der Waals surface area contributed by atoms with E-state index < -0.39 is 7.12 Å². The van der Waals surface area contributed by atoms with Crippen LogP contribution in [0.4, 0.5) is 0 Å². The Morgan fingerprint density at radius 3 is 2.56 bits per heavy atom. The van der Waals surface area contributed by atoms with E-state index in [1.165, 1.54) is 12.3 Å². The second-order valence-electron chi connectivity index (χ2n) is 3.67. The predicted octanol–water partition coefficient (Wildman–Crippen LogP) is 0.994. The molecule has 4 nitrogen and oxygen atoms in total. The summed E-state index contributed by atoms with van der Waals surface area (Å²) in [5.41, 5.74) is 1.15. The molecule has 0 saturated heterocycles. The molecule has 0 aliphatic rings. The van der Waals surface area contributed by atoms with Gasteiger partial charge in [0, 0.05) is 11.7 Å². The van der Waals surface area contributed by atoms with Crippen LogP contribution in [0.1, 0.15) is 5.56 Å². The van der Waals surface area contributed by atoms with Crippen molar-refractivity contribution in [2.24, 2.45) is 0 Å². The van der Waals surface area contributed by atoms with Gasteiger partial charge in [-0.1, -0.05) is 41.9 Å². The fraction of sp³-hybridized carbons (Fsp3) is 0.0833. The highest BCUT2D eigenvalue weighted by Gasteiger charge is 2.18. The zero-order valence-electron chi connectivity index (χ0n) is 9.45. The summed E-state index contributed by atoms with van der Waals surface area (Å²) in [5, 5.41) is 18.3. The number of halogens is 1. The summed E-state index contributed by atoms with van der Waals surface area (Å²) in [7, 11) is -1.64. The second kappa shape index (κ2) is 5.86. The Morgan fingerprint density at radius 2 is 1.89 bits per heavy atom. The molecule has 0 radical (unpaired) electrons. The second-order valence-corrected chi connectivity index (χ2v) is 4.05. The fourth-order valence-electron chi connectivity index (χ4n) is 1.46. The van der Waals surface area contributed by atoms with Crippen LogP contribution in [0.2, 0.25) is 5.02 Å². The molecule has 1 aromatic heterocycles. The molecular formula is C12H11BClNO3. The molecule has 0 spiro atoms. The van der Waals surface area contributed by atoms with Crippen molar-refractivity contribution in [1.29, 1.82) is 0 Å². The van der Waals surface area contributed by atoms with Gasteiger partial charge in [-0.25, -0.2) is 4.98 Å².